The van der Waals surface area contributed by atoms with Crippen LogP contribution in [0.1, 0.15) is 36.8 Å². The average molecular weight is 398 g/mol. The minimum Gasteiger partial charge on any atom is -0.546 e. The smallest absolute Gasteiger partial charge is 0.269 e. The van der Waals surface area contributed by atoms with Crippen LogP contribution in [0.3, 0.4) is 0 Å². The number of rotatable bonds is 7. The lowest BCUT2D eigenvalue weighted by Gasteiger charge is -2.06. The van der Waals surface area contributed by atoms with Gasteiger partial charge in [0.1, 0.15) is 17.4 Å². The standard InChI is InChI=1S/C21H19ClN2O4/c1-13(2)15-5-7-16(8-6-15)20-23-21(28-24-20)18(22)11-14-3-9-17(10-4-14)27-12-19(25)26/h3-11,13H,12H2,1-2H3,(H,25,26)/p-1/b18-11-. The van der Waals surface area contributed by atoms with E-state index in [1.807, 2.05) is 24.3 Å². The van der Waals surface area contributed by atoms with Gasteiger partial charge in [0.05, 0.1) is 5.97 Å². The number of hydrogen-bond acceptors (Lipinski definition) is 6. The molecule has 0 N–H and O–H groups in total. The first kappa shape index (κ1) is 19.6. The number of aliphatic carboxylic acids is 1. The van der Waals surface area contributed by atoms with Crippen LogP contribution >= 0.6 is 11.6 Å². The molecule has 3 rings (SSSR count). The zero-order chi connectivity index (χ0) is 20.1. The SMILES string of the molecule is CC(C)c1ccc(-c2noc(/C(Cl)=C/c3ccc(OCC(=O)[O-])cc3)n2)cc1. The minimum absolute atomic E-state index is 0.210. The fourth-order valence-corrected chi connectivity index (χ4v) is 2.67. The van der Waals surface area contributed by atoms with E-state index in [-0.39, 0.29) is 5.89 Å². The van der Waals surface area contributed by atoms with Crippen molar-refractivity contribution in [3.05, 3.63) is 65.5 Å². The Balaban J connectivity index is 1.72. The highest BCUT2D eigenvalue weighted by molar-refractivity contribution is 6.50. The molecule has 0 radical (unpaired) electrons. The van der Waals surface area contributed by atoms with Gasteiger partial charge in [-0.05, 0) is 35.3 Å². The van der Waals surface area contributed by atoms with E-state index in [9.17, 15) is 9.90 Å². The number of halogens is 1. The number of carbonyl (C=O) groups is 1. The van der Waals surface area contributed by atoms with E-state index in [4.69, 9.17) is 20.9 Å². The monoisotopic (exact) mass is 397 g/mol. The van der Waals surface area contributed by atoms with E-state index >= 15 is 0 Å². The van der Waals surface area contributed by atoms with Crippen LogP contribution in [0, 0.1) is 0 Å². The lowest BCUT2D eigenvalue weighted by molar-refractivity contribution is -0.307. The molecule has 7 heteroatoms. The molecule has 0 aliphatic heterocycles. The van der Waals surface area contributed by atoms with Gasteiger partial charge in [0.15, 0.2) is 0 Å². The van der Waals surface area contributed by atoms with Crippen molar-refractivity contribution in [2.45, 2.75) is 19.8 Å². The fraction of sp³-hybridized carbons (Fsp3) is 0.190. The maximum Gasteiger partial charge on any atom is 0.269 e. The molecule has 144 valence electrons. The van der Waals surface area contributed by atoms with Gasteiger partial charge < -0.3 is 19.2 Å². The number of benzene rings is 2. The van der Waals surface area contributed by atoms with Gasteiger partial charge in [-0.2, -0.15) is 4.98 Å². The molecule has 2 aromatic carbocycles. The fourth-order valence-electron chi connectivity index (χ4n) is 2.47. The predicted octanol–water partition coefficient (Wildman–Crippen LogP) is 3.73. The zero-order valence-corrected chi connectivity index (χ0v) is 16.1. The Labute approximate surface area is 167 Å². The average Bonchev–Trinajstić information content (AvgIpc) is 3.18. The highest BCUT2D eigenvalue weighted by Crippen LogP contribution is 2.25. The Morgan fingerprint density at radius 2 is 1.86 bits per heavy atom. The summed E-state index contributed by atoms with van der Waals surface area (Å²) in [6.45, 7) is 3.76. The van der Waals surface area contributed by atoms with Crippen molar-refractivity contribution in [3.8, 4) is 17.1 Å². The molecular weight excluding hydrogens is 380 g/mol. The highest BCUT2D eigenvalue weighted by Gasteiger charge is 2.12. The third kappa shape index (κ3) is 4.98. The first-order chi connectivity index (χ1) is 13.4. The summed E-state index contributed by atoms with van der Waals surface area (Å²) in [6, 6.07) is 14.7. The number of ether oxygens (including phenoxy) is 1. The van der Waals surface area contributed by atoms with Crippen molar-refractivity contribution < 1.29 is 19.2 Å². The second kappa shape index (κ2) is 8.71. The number of carboxylic acid groups (broad SMARTS) is 1. The van der Waals surface area contributed by atoms with Gasteiger partial charge in [0.2, 0.25) is 5.82 Å². The lowest BCUT2D eigenvalue weighted by atomic mass is 10.0. The van der Waals surface area contributed by atoms with E-state index in [2.05, 4.69) is 24.0 Å². The molecule has 0 fully saturated rings. The van der Waals surface area contributed by atoms with Crippen LogP contribution in [0.15, 0.2) is 53.1 Å². The molecule has 0 amide bonds. The van der Waals surface area contributed by atoms with Gasteiger partial charge >= 0.3 is 0 Å². The summed E-state index contributed by atoms with van der Waals surface area (Å²) in [5.74, 6) is 0.259. The Bertz CT molecular complexity index is 976. The summed E-state index contributed by atoms with van der Waals surface area (Å²) in [5.41, 5.74) is 2.85. The van der Waals surface area contributed by atoms with Crippen molar-refractivity contribution in [2.75, 3.05) is 6.61 Å². The third-order valence-electron chi connectivity index (χ3n) is 4.00. The minimum atomic E-state index is -1.28. The summed E-state index contributed by atoms with van der Waals surface area (Å²) in [6.07, 6.45) is 1.67. The van der Waals surface area contributed by atoms with Gasteiger partial charge in [0, 0.05) is 5.56 Å². The second-order valence-electron chi connectivity index (χ2n) is 6.42. The van der Waals surface area contributed by atoms with Crippen LogP contribution in [0.25, 0.3) is 22.5 Å². The molecule has 0 aliphatic carbocycles. The molecular formula is C21H18ClN2O4-. The van der Waals surface area contributed by atoms with Crippen LogP contribution in [0.5, 0.6) is 5.75 Å². The first-order valence-corrected chi connectivity index (χ1v) is 9.04. The number of hydrogen-bond donors (Lipinski definition) is 0. The van der Waals surface area contributed by atoms with Gasteiger partial charge in [-0.1, -0.05) is 67.0 Å². The van der Waals surface area contributed by atoms with E-state index < -0.39 is 12.6 Å². The molecule has 0 atom stereocenters. The first-order valence-electron chi connectivity index (χ1n) is 8.66. The van der Waals surface area contributed by atoms with Crippen molar-refractivity contribution >= 4 is 28.7 Å². The second-order valence-corrected chi connectivity index (χ2v) is 6.83. The molecule has 0 unspecified atom stereocenters. The number of nitrogens with zero attached hydrogens (tertiary/aromatic N) is 2. The molecule has 6 nitrogen and oxygen atoms in total. The largest absolute Gasteiger partial charge is 0.546 e. The zero-order valence-electron chi connectivity index (χ0n) is 15.4. The van der Waals surface area contributed by atoms with E-state index in [1.54, 1.807) is 30.3 Å². The molecule has 0 aliphatic rings. The normalized spacial score (nSPS) is 11.6. The summed E-state index contributed by atoms with van der Waals surface area (Å²) in [4.78, 5) is 14.7. The molecule has 1 aromatic heterocycles. The van der Waals surface area contributed by atoms with Gasteiger partial charge in [-0.3, -0.25) is 0 Å². The number of aromatic nitrogens is 2. The molecule has 0 saturated carbocycles. The molecule has 0 saturated heterocycles. The number of carboxylic acids is 1. The van der Waals surface area contributed by atoms with E-state index in [0.717, 1.165) is 11.1 Å². The summed E-state index contributed by atoms with van der Waals surface area (Å²) < 4.78 is 10.3. The van der Waals surface area contributed by atoms with Crippen LogP contribution in [0.2, 0.25) is 0 Å². The molecule has 3 aromatic rings. The number of carbonyl (C=O) groups excluding carboxylic acids is 1. The van der Waals surface area contributed by atoms with Crippen LogP contribution in [0.4, 0.5) is 0 Å². The van der Waals surface area contributed by atoms with Crippen molar-refractivity contribution in [1.29, 1.82) is 0 Å². The van der Waals surface area contributed by atoms with Crippen LogP contribution in [-0.4, -0.2) is 22.7 Å². The van der Waals surface area contributed by atoms with Gasteiger partial charge in [-0.15, -0.1) is 0 Å². The summed E-state index contributed by atoms with van der Waals surface area (Å²) >= 11 is 6.30. The van der Waals surface area contributed by atoms with Crippen molar-refractivity contribution in [3.63, 3.8) is 0 Å². The Hall–Kier alpha value is -3.12. The Morgan fingerprint density at radius 1 is 1.18 bits per heavy atom. The van der Waals surface area contributed by atoms with E-state index in [0.29, 0.717) is 22.5 Å². The third-order valence-corrected chi connectivity index (χ3v) is 4.27. The maximum absolute atomic E-state index is 10.4. The van der Waals surface area contributed by atoms with Gasteiger partial charge in [0.25, 0.3) is 5.89 Å². The quantitative estimate of drug-likeness (QED) is 0.603. The van der Waals surface area contributed by atoms with Crippen LogP contribution < -0.4 is 9.84 Å². The molecule has 0 bridgehead atoms. The molecule has 28 heavy (non-hydrogen) atoms. The van der Waals surface area contributed by atoms with Crippen molar-refractivity contribution in [2.24, 2.45) is 0 Å². The molecule has 1 heterocycles. The topological polar surface area (TPSA) is 88.3 Å². The summed E-state index contributed by atoms with van der Waals surface area (Å²) in [7, 11) is 0. The maximum atomic E-state index is 10.4. The molecule has 0 spiro atoms. The predicted molar refractivity (Wildman–Crippen MR) is 104 cm³/mol. The summed E-state index contributed by atoms with van der Waals surface area (Å²) in [5, 5.41) is 14.7. The Kier molecular flexibility index (Phi) is 6.11. The Morgan fingerprint density at radius 3 is 2.46 bits per heavy atom. The van der Waals surface area contributed by atoms with Gasteiger partial charge in [-0.25, -0.2) is 0 Å². The highest BCUT2D eigenvalue weighted by atomic mass is 35.5. The lowest BCUT2D eigenvalue weighted by Crippen LogP contribution is -2.28. The van der Waals surface area contributed by atoms with Crippen molar-refractivity contribution in [1.82, 2.24) is 10.1 Å². The van der Waals surface area contributed by atoms with Crippen LogP contribution in [-0.2, 0) is 4.79 Å². The van der Waals surface area contributed by atoms with E-state index in [1.165, 1.54) is 5.56 Å².